The predicted molar refractivity (Wildman–Crippen MR) is 76.8 cm³/mol. The number of likely N-dealkylation sites (tertiary alicyclic amines) is 1. The SMILES string of the molecule is NCc1ccccc1CC(=O)N1CC2CCC(O)C2C1. The van der Waals surface area contributed by atoms with Crippen LogP contribution >= 0.6 is 0 Å². The van der Waals surface area contributed by atoms with Crippen LogP contribution in [0.1, 0.15) is 24.0 Å². The van der Waals surface area contributed by atoms with Gasteiger partial charge in [0, 0.05) is 25.6 Å². The van der Waals surface area contributed by atoms with Gasteiger partial charge in [-0.05, 0) is 29.9 Å². The maximum absolute atomic E-state index is 12.4. The Morgan fingerprint density at radius 1 is 1.25 bits per heavy atom. The van der Waals surface area contributed by atoms with Crippen LogP contribution in [-0.2, 0) is 17.8 Å². The van der Waals surface area contributed by atoms with Crippen molar-refractivity contribution in [2.24, 2.45) is 17.6 Å². The Bertz CT molecular complexity index is 503. The summed E-state index contributed by atoms with van der Waals surface area (Å²) in [6, 6.07) is 7.86. The van der Waals surface area contributed by atoms with Crippen molar-refractivity contribution >= 4 is 5.91 Å². The molecule has 3 N–H and O–H groups in total. The zero-order valence-electron chi connectivity index (χ0n) is 11.7. The van der Waals surface area contributed by atoms with Crippen LogP contribution in [0.2, 0.25) is 0 Å². The van der Waals surface area contributed by atoms with Crippen LogP contribution in [0.4, 0.5) is 0 Å². The van der Waals surface area contributed by atoms with Gasteiger partial charge in [0.2, 0.25) is 5.91 Å². The summed E-state index contributed by atoms with van der Waals surface area (Å²) < 4.78 is 0. The van der Waals surface area contributed by atoms with E-state index in [-0.39, 0.29) is 12.0 Å². The molecule has 1 aromatic carbocycles. The minimum Gasteiger partial charge on any atom is -0.393 e. The van der Waals surface area contributed by atoms with Crippen LogP contribution in [0.3, 0.4) is 0 Å². The summed E-state index contributed by atoms with van der Waals surface area (Å²) in [6.07, 6.45) is 2.15. The summed E-state index contributed by atoms with van der Waals surface area (Å²) in [6.45, 7) is 1.99. The highest BCUT2D eigenvalue weighted by Gasteiger charge is 2.43. The molecule has 1 amide bonds. The van der Waals surface area contributed by atoms with Crippen LogP contribution in [-0.4, -0.2) is 35.1 Å². The molecule has 3 unspecified atom stereocenters. The third-order valence-corrected chi connectivity index (χ3v) is 4.85. The number of aliphatic hydroxyl groups is 1. The summed E-state index contributed by atoms with van der Waals surface area (Å²) in [5, 5.41) is 9.92. The molecule has 2 fully saturated rings. The van der Waals surface area contributed by atoms with Crippen LogP contribution < -0.4 is 5.73 Å². The third-order valence-electron chi connectivity index (χ3n) is 4.85. The molecule has 4 nitrogen and oxygen atoms in total. The number of hydrogen-bond acceptors (Lipinski definition) is 3. The highest BCUT2D eigenvalue weighted by Crippen LogP contribution is 2.38. The molecule has 1 saturated carbocycles. The topological polar surface area (TPSA) is 66.6 Å². The van der Waals surface area contributed by atoms with Gasteiger partial charge >= 0.3 is 0 Å². The Morgan fingerprint density at radius 2 is 2.00 bits per heavy atom. The molecule has 0 spiro atoms. The van der Waals surface area contributed by atoms with Gasteiger partial charge in [0.15, 0.2) is 0 Å². The first kappa shape index (κ1) is 13.6. The third kappa shape index (κ3) is 2.45. The van der Waals surface area contributed by atoms with Crippen LogP contribution in [0, 0.1) is 11.8 Å². The molecule has 20 heavy (non-hydrogen) atoms. The molecule has 4 heteroatoms. The second-order valence-corrected chi connectivity index (χ2v) is 6.02. The average molecular weight is 274 g/mol. The maximum atomic E-state index is 12.4. The Morgan fingerprint density at radius 3 is 2.70 bits per heavy atom. The molecule has 0 aromatic heterocycles. The molecular weight excluding hydrogens is 252 g/mol. The van der Waals surface area contributed by atoms with Gasteiger partial charge < -0.3 is 15.7 Å². The lowest BCUT2D eigenvalue weighted by atomic mass is 10.00. The first-order valence-corrected chi connectivity index (χ1v) is 7.41. The molecule has 1 aliphatic carbocycles. The summed E-state index contributed by atoms with van der Waals surface area (Å²) >= 11 is 0. The lowest BCUT2D eigenvalue weighted by molar-refractivity contribution is -0.129. The zero-order valence-corrected chi connectivity index (χ0v) is 11.7. The smallest absolute Gasteiger partial charge is 0.227 e. The minimum absolute atomic E-state index is 0.160. The molecule has 1 heterocycles. The van der Waals surface area contributed by atoms with Crippen LogP contribution in [0.25, 0.3) is 0 Å². The van der Waals surface area contributed by atoms with E-state index in [2.05, 4.69) is 0 Å². The normalized spacial score (nSPS) is 28.7. The van der Waals surface area contributed by atoms with Crippen LogP contribution in [0.15, 0.2) is 24.3 Å². The van der Waals surface area contributed by atoms with E-state index in [1.54, 1.807) is 0 Å². The number of fused-ring (bicyclic) bond motifs is 1. The summed E-state index contributed by atoms with van der Waals surface area (Å²) in [7, 11) is 0. The second kappa shape index (κ2) is 5.54. The molecule has 1 aliphatic heterocycles. The van der Waals surface area contributed by atoms with Gasteiger partial charge in [0.05, 0.1) is 12.5 Å². The predicted octanol–water partition coefficient (Wildman–Crippen LogP) is 0.917. The number of carbonyl (C=O) groups excluding carboxylic acids is 1. The fourth-order valence-corrected chi connectivity index (χ4v) is 3.64. The fraction of sp³-hybridized carbons (Fsp3) is 0.562. The summed E-state index contributed by atoms with van der Waals surface area (Å²) in [4.78, 5) is 14.3. The van der Waals surface area contributed by atoms with E-state index in [1.165, 1.54) is 0 Å². The van der Waals surface area contributed by atoms with E-state index in [1.807, 2.05) is 29.2 Å². The van der Waals surface area contributed by atoms with Crippen molar-refractivity contribution in [1.82, 2.24) is 4.90 Å². The molecule has 1 aromatic rings. The van der Waals surface area contributed by atoms with Crippen molar-refractivity contribution < 1.29 is 9.90 Å². The summed E-state index contributed by atoms with van der Waals surface area (Å²) in [5.41, 5.74) is 7.78. The van der Waals surface area contributed by atoms with Gasteiger partial charge in [0.25, 0.3) is 0 Å². The Balaban J connectivity index is 1.66. The van der Waals surface area contributed by atoms with E-state index in [4.69, 9.17) is 5.73 Å². The average Bonchev–Trinajstić information content (AvgIpc) is 3.02. The number of nitrogens with zero attached hydrogens (tertiary/aromatic N) is 1. The van der Waals surface area contributed by atoms with Crippen molar-refractivity contribution in [3.8, 4) is 0 Å². The largest absolute Gasteiger partial charge is 0.393 e. The van der Waals surface area contributed by atoms with Gasteiger partial charge in [-0.25, -0.2) is 0 Å². The van der Waals surface area contributed by atoms with Crippen molar-refractivity contribution in [3.63, 3.8) is 0 Å². The highest BCUT2D eigenvalue weighted by atomic mass is 16.3. The number of aliphatic hydroxyl groups excluding tert-OH is 1. The van der Waals surface area contributed by atoms with E-state index in [9.17, 15) is 9.90 Å². The standard InChI is InChI=1S/C16H22N2O2/c17-8-12-4-2-1-3-11(12)7-16(20)18-9-13-5-6-15(19)14(13)10-18/h1-4,13-15,19H,5-10,17H2. The lowest BCUT2D eigenvalue weighted by Crippen LogP contribution is -2.32. The van der Waals surface area contributed by atoms with Crippen molar-refractivity contribution in [2.75, 3.05) is 13.1 Å². The molecule has 2 aliphatic rings. The van der Waals surface area contributed by atoms with Gasteiger partial charge in [0.1, 0.15) is 0 Å². The number of benzene rings is 1. The Kier molecular flexibility index (Phi) is 3.76. The van der Waals surface area contributed by atoms with Crippen molar-refractivity contribution in [1.29, 1.82) is 0 Å². The second-order valence-electron chi connectivity index (χ2n) is 6.02. The number of hydrogen-bond donors (Lipinski definition) is 2. The highest BCUT2D eigenvalue weighted by molar-refractivity contribution is 5.79. The monoisotopic (exact) mass is 274 g/mol. The number of amides is 1. The molecule has 0 radical (unpaired) electrons. The molecule has 0 bridgehead atoms. The zero-order chi connectivity index (χ0) is 14.1. The van der Waals surface area contributed by atoms with E-state index in [0.29, 0.717) is 24.8 Å². The van der Waals surface area contributed by atoms with E-state index < -0.39 is 0 Å². The first-order valence-electron chi connectivity index (χ1n) is 7.41. The summed E-state index contributed by atoms with van der Waals surface area (Å²) in [5.74, 6) is 0.954. The molecule has 1 saturated heterocycles. The fourth-order valence-electron chi connectivity index (χ4n) is 3.64. The Hall–Kier alpha value is -1.39. The van der Waals surface area contributed by atoms with Gasteiger partial charge in [-0.3, -0.25) is 4.79 Å². The molecule has 3 rings (SSSR count). The van der Waals surface area contributed by atoms with E-state index >= 15 is 0 Å². The molecule has 3 atom stereocenters. The number of nitrogens with two attached hydrogens (primary N) is 1. The van der Waals surface area contributed by atoms with Crippen molar-refractivity contribution in [2.45, 2.75) is 31.9 Å². The quantitative estimate of drug-likeness (QED) is 0.861. The van der Waals surface area contributed by atoms with Gasteiger partial charge in [-0.15, -0.1) is 0 Å². The van der Waals surface area contributed by atoms with Crippen LogP contribution in [0.5, 0.6) is 0 Å². The Labute approximate surface area is 119 Å². The number of carbonyl (C=O) groups is 1. The minimum atomic E-state index is -0.214. The lowest BCUT2D eigenvalue weighted by Gasteiger charge is -2.19. The van der Waals surface area contributed by atoms with Crippen molar-refractivity contribution in [3.05, 3.63) is 35.4 Å². The maximum Gasteiger partial charge on any atom is 0.227 e. The van der Waals surface area contributed by atoms with Gasteiger partial charge in [-0.2, -0.15) is 0 Å². The number of rotatable bonds is 3. The van der Waals surface area contributed by atoms with Gasteiger partial charge in [-0.1, -0.05) is 24.3 Å². The molecular formula is C16H22N2O2. The molecule has 108 valence electrons. The first-order chi connectivity index (χ1) is 9.69. The van der Waals surface area contributed by atoms with E-state index in [0.717, 1.165) is 37.1 Å².